The van der Waals surface area contributed by atoms with Gasteiger partial charge in [-0.15, -0.1) is 0 Å². The Balaban J connectivity index is 1.67. The standard InChI is InChI=1S/C15H20N4O/c1-18-13-8-4-3-7-12(13)17-14(18)11-16-15(20)19-9-5-2-6-10-19/h3-4,7-8H,2,5-6,9-11H2,1H3,(H,16,20). The molecule has 2 heterocycles. The van der Waals surface area contributed by atoms with E-state index < -0.39 is 0 Å². The fourth-order valence-corrected chi connectivity index (χ4v) is 2.72. The molecule has 1 aliphatic heterocycles. The molecule has 5 heteroatoms. The molecule has 2 aromatic rings. The lowest BCUT2D eigenvalue weighted by Crippen LogP contribution is -2.42. The van der Waals surface area contributed by atoms with Crippen molar-refractivity contribution in [3.05, 3.63) is 30.1 Å². The Labute approximate surface area is 118 Å². The van der Waals surface area contributed by atoms with Gasteiger partial charge in [-0.05, 0) is 31.4 Å². The summed E-state index contributed by atoms with van der Waals surface area (Å²) in [5.74, 6) is 0.886. The fourth-order valence-electron chi connectivity index (χ4n) is 2.72. The second kappa shape index (κ2) is 5.53. The van der Waals surface area contributed by atoms with Crippen molar-refractivity contribution >= 4 is 17.1 Å². The topological polar surface area (TPSA) is 50.2 Å². The molecular formula is C15H20N4O. The van der Waals surface area contributed by atoms with Crippen molar-refractivity contribution < 1.29 is 4.79 Å². The van der Waals surface area contributed by atoms with Crippen LogP contribution in [0.25, 0.3) is 11.0 Å². The number of imidazole rings is 1. The third kappa shape index (κ3) is 2.48. The van der Waals surface area contributed by atoms with E-state index in [-0.39, 0.29) is 6.03 Å². The van der Waals surface area contributed by atoms with Gasteiger partial charge in [-0.1, -0.05) is 12.1 Å². The van der Waals surface area contributed by atoms with Crippen molar-refractivity contribution in [3.8, 4) is 0 Å². The Morgan fingerprint density at radius 1 is 1.25 bits per heavy atom. The first kappa shape index (κ1) is 13.0. The van der Waals surface area contributed by atoms with Crippen molar-refractivity contribution in [2.75, 3.05) is 13.1 Å². The lowest BCUT2D eigenvalue weighted by Gasteiger charge is -2.26. The summed E-state index contributed by atoms with van der Waals surface area (Å²) in [6, 6.07) is 8.03. The van der Waals surface area contributed by atoms with E-state index in [0.717, 1.165) is 42.8 Å². The highest BCUT2D eigenvalue weighted by Gasteiger charge is 2.16. The van der Waals surface area contributed by atoms with Crippen LogP contribution in [-0.2, 0) is 13.6 Å². The molecule has 1 fully saturated rings. The largest absolute Gasteiger partial charge is 0.331 e. The van der Waals surface area contributed by atoms with Crippen molar-refractivity contribution in [2.24, 2.45) is 7.05 Å². The normalized spacial score (nSPS) is 15.6. The van der Waals surface area contributed by atoms with Gasteiger partial charge < -0.3 is 14.8 Å². The van der Waals surface area contributed by atoms with Crippen molar-refractivity contribution in [1.29, 1.82) is 0 Å². The number of urea groups is 1. The maximum atomic E-state index is 12.1. The minimum absolute atomic E-state index is 0.0248. The number of piperidine rings is 1. The van der Waals surface area contributed by atoms with Gasteiger partial charge in [0.2, 0.25) is 0 Å². The number of nitrogens with one attached hydrogen (secondary N) is 1. The van der Waals surface area contributed by atoms with E-state index in [1.54, 1.807) is 0 Å². The van der Waals surface area contributed by atoms with Crippen LogP contribution in [0.3, 0.4) is 0 Å². The third-order valence-corrected chi connectivity index (χ3v) is 3.92. The number of rotatable bonds is 2. The van der Waals surface area contributed by atoms with Crippen LogP contribution >= 0.6 is 0 Å². The van der Waals surface area contributed by atoms with Crippen LogP contribution in [0.1, 0.15) is 25.1 Å². The fraction of sp³-hybridized carbons (Fsp3) is 0.467. The maximum absolute atomic E-state index is 12.1. The number of aryl methyl sites for hydroxylation is 1. The number of hydrogen-bond acceptors (Lipinski definition) is 2. The number of amides is 2. The minimum atomic E-state index is 0.0248. The highest BCUT2D eigenvalue weighted by molar-refractivity contribution is 5.76. The first-order valence-electron chi connectivity index (χ1n) is 7.19. The molecule has 106 valence electrons. The van der Waals surface area contributed by atoms with E-state index in [0.29, 0.717) is 6.54 Å². The highest BCUT2D eigenvalue weighted by Crippen LogP contribution is 2.14. The van der Waals surface area contributed by atoms with Gasteiger partial charge in [-0.25, -0.2) is 9.78 Å². The average Bonchev–Trinajstić information content (AvgIpc) is 2.83. The number of para-hydroxylation sites is 2. The molecule has 5 nitrogen and oxygen atoms in total. The zero-order chi connectivity index (χ0) is 13.9. The number of carbonyl (C=O) groups is 1. The van der Waals surface area contributed by atoms with E-state index in [9.17, 15) is 4.79 Å². The molecule has 20 heavy (non-hydrogen) atoms. The predicted octanol–water partition coefficient (Wildman–Crippen LogP) is 2.27. The van der Waals surface area contributed by atoms with Crippen LogP contribution in [0.5, 0.6) is 0 Å². The molecule has 0 unspecified atom stereocenters. The van der Waals surface area contributed by atoms with E-state index in [1.807, 2.05) is 40.8 Å². The Morgan fingerprint density at radius 2 is 2.00 bits per heavy atom. The smallest absolute Gasteiger partial charge is 0.317 e. The van der Waals surface area contributed by atoms with Gasteiger partial charge in [-0.2, -0.15) is 0 Å². The van der Waals surface area contributed by atoms with Crippen molar-refractivity contribution in [2.45, 2.75) is 25.8 Å². The van der Waals surface area contributed by atoms with Crippen molar-refractivity contribution in [3.63, 3.8) is 0 Å². The number of carbonyl (C=O) groups excluding carboxylic acids is 1. The highest BCUT2D eigenvalue weighted by atomic mass is 16.2. The lowest BCUT2D eigenvalue weighted by molar-refractivity contribution is 0.185. The van der Waals surface area contributed by atoms with E-state index >= 15 is 0 Å². The van der Waals surface area contributed by atoms with Gasteiger partial charge in [0, 0.05) is 20.1 Å². The van der Waals surface area contributed by atoms with E-state index in [4.69, 9.17) is 0 Å². The summed E-state index contributed by atoms with van der Waals surface area (Å²) < 4.78 is 2.03. The van der Waals surface area contributed by atoms with E-state index in [2.05, 4.69) is 10.3 Å². The zero-order valence-corrected chi connectivity index (χ0v) is 11.8. The van der Waals surface area contributed by atoms with Crippen LogP contribution in [0.15, 0.2) is 24.3 Å². The summed E-state index contributed by atoms with van der Waals surface area (Å²) in [4.78, 5) is 18.5. The molecule has 0 aliphatic carbocycles. The molecule has 0 atom stereocenters. The van der Waals surface area contributed by atoms with Crippen LogP contribution in [0.2, 0.25) is 0 Å². The zero-order valence-electron chi connectivity index (χ0n) is 11.8. The maximum Gasteiger partial charge on any atom is 0.317 e. The number of likely N-dealkylation sites (tertiary alicyclic amines) is 1. The molecule has 1 aromatic carbocycles. The summed E-state index contributed by atoms with van der Waals surface area (Å²) >= 11 is 0. The molecule has 1 aromatic heterocycles. The van der Waals surface area contributed by atoms with Gasteiger partial charge in [0.1, 0.15) is 5.82 Å². The summed E-state index contributed by atoms with van der Waals surface area (Å²) in [6.07, 6.45) is 3.45. The SMILES string of the molecule is Cn1c(CNC(=O)N2CCCCC2)nc2ccccc21. The Bertz CT molecular complexity index is 613. The number of benzene rings is 1. The monoisotopic (exact) mass is 272 g/mol. The van der Waals surface area contributed by atoms with Gasteiger partial charge in [0.15, 0.2) is 0 Å². The van der Waals surface area contributed by atoms with Gasteiger partial charge in [0.05, 0.1) is 17.6 Å². The van der Waals surface area contributed by atoms with Gasteiger partial charge in [-0.3, -0.25) is 0 Å². The number of nitrogens with zero attached hydrogens (tertiary/aromatic N) is 3. The van der Waals surface area contributed by atoms with Crippen LogP contribution in [0, 0.1) is 0 Å². The summed E-state index contributed by atoms with van der Waals surface area (Å²) in [7, 11) is 1.98. The molecule has 0 bridgehead atoms. The second-order valence-electron chi connectivity index (χ2n) is 5.28. The van der Waals surface area contributed by atoms with Gasteiger partial charge >= 0.3 is 6.03 Å². The summed E-state index contributed by atoms with van der Waals surface area (Å²) in [5.41, 5.74) is 2.06. The van der Waals surface area contributed by atoms with Crippen LogP contribution < -0.4 is 5.32 Å². The molecule has 1 saturated heterocycles. The first-order chi connectivity index (χ1) is 9.75. The third-order valence-electron chi connectivity index (χ3n) is 3.92. The molecule has 1 N–H and O–H groups in total. The minimum Gasteiger partial charge on any atom is -0.331 e. The molecule has 0 spiro atoms. The quantitative estimate of drug-likeness (QED) is 0.911. The summed E-state index contributed by atoms with van der Waals surface area (Å²) in [5, 5.41) is 2.97. The lowest BCUT2D eigenvalue weighted by atomic mass is 10.1. The average molecular weight is 272 g/mol. The molecule has 1 aliphatic rings. The Morgan fingerprint density at radius 3 is 2.75 bits per heavy atom. The molecule has 0 saturated carbocycles. The van der Waals surface area contributed by atoms with Crippen molar-refractivity contribution in [1.82, 2.24) is 19.8 Å². The number of fused-ring (bicyclic) bond motifs is 1. The van der Waals surface area contributed by atoms with Crippen LogP contribution in [-0.4, -0.2) is 33.6 Å². The molecule has 2 amide bonds. The second-order valence-corrected chi connectivity index (χ2v) is 5.28. The molecule has 3 rings (SSSR count). The van der Waals surface area contributed by atoms with Gasteiger partial charge in [0.25, 0.3) is 0 Å². The predicted molar refractivity (Wildman–Crippen MR) is 78.4 cm³/mol. The number of aromatic nitrogens is 2. The Hall–Kier alpha value is -2.04. The Kier molecular flexibility index (Phi) is 3.58. The number of hydrogen-bond donors (Lipinski definition) is 1. The first-order valence-corrected chi connectivity index (χ1v) is 7.19. The molecular weight excluding hydrogens is 252 g/mol. The summed E-state index contributed by atoms with van der Waals surface area (Å²) in [6.45, 7) is 2.21. The van der Waals surface area contributed by atoms with Crippen LogP contribution in [0.4, 0.5) is 4.79 Å². The molecule has 0 radical (unpaired) electrons. The van der Waals surface area contributed by atoms with E-state index in [1.165, 1.54) is 6.42 Å².